The normalized spacial score (nSPS) is 13.5. The van der Waals surface area contributed by atoms with E-state index in [2.05, 4.69) is 75.0 Å². The molecular weight excluding hydrogens is 428 g/mol. The fourth-order valence-corrected chi connectivity index (χ4v) is 6.42. The first-order chi connectivity index (χ1) is 17.3. The summed E-state index contributed by atoms with van der Waals surface area (Å²) in [5.41, 5.74) is 15.3. The average molecular weight is 447 g/mol. The fraction of sp³-hybridized carbons (Fsp3) is 0.0645. The summed E-state index contributed by atoms with van der Waals surface area (Å²) in [5.74, 6) is 0. The minimum atomic E-state index is 0.955. The van der Waals surface area contributed by atoms with Crippen LogP contribution in [-0.2, 0) is 12.8 Å². The molecule has 9 rings (SSSR count). The number of nitrogens with zero attached hydrogens (tertiary/aromatic N) is 4. The first-order valence-corrected chi connectivity index (χ1v) is 12.0. The van der Waals surface area contributed by atoms with Crippen molar-refractivity contribution in [1.82, 2.24) is 19.4 Å². The number of fused-ring (bicyclic) bond motifs is 14. The van der Waals surface area contributed by atoms with E-state index in [0.29, 0.717) is 0 Å². The molecule has 2 aliphatic carbocycles. The van der Waals surface area contributed by atoms with Crippen LogP contribution in [0.15, 0.2) is 85.5 Å². The lowest BCUT2D eigenvalue weighted by molar-refractivity contribution is 1.23. The summed E-state index contributed by atoms with van der Waals surface area (Å²) in [6, 6.07) is 22.5. The van der Waals surface area contributed by atoms with Crippen molar-refractivity contribution in [2.75, 3.05) is 0 Å². The Kier molecular flexibility index (Phi) is 3.11. The van der Waals surface area contributed by atoms with E-state index in [9.17, 15) is 0 Å². The topological polar surface area (TPSA) is 43.1 Å². The Morgan fingerprint density at radius 1 is 0.571 bits per heavy atom. The van der Waals surface area contributed by atoms with E-state index in [4.69, 9.17) is 4.98 Å². The minimum Gasteiger partial charge on any atom is -0.290 e. The van der Waals surface area contributed by atoms with E-state index in [0.717, 1.165) is 51.2 Å². The van der Waals surface area contributed by atoms with Crippen LogP contribution < -0.4 is 0 Å². The van der Waals surface area contributed by atoms with E-state index < -0.39 is 0 Å². The van der Waals surface area contributed by atoms with Crippen molar-refractivity contribution < 1.29 is 0 Å². The molecule has 4 heterocycles. The predicted molar refractivity (Wildman–Crippen MR) is 140 cm³/mol. The van der Waals surface area contributed by atoms with Crippen molar-refractivity contribution in [1.29, 1.82) is 0 Å². The second kappa shape index (κ2) is 6.10. The van der Waals surface area contributed by atoms with Gasteiger partial charge in [-0.2, -0.15) is 0 Å². The highest BCUT2D eigenvalue weighted by Gasteiger charge is 2.26. The smallest absolute Gasteiger partial charge is 0.146 e. The number of benzene rings is 3. The van der Waals surface area contributed by atoms with Gasteiger partial charge in [-0.1, -0.05) is 24.3 Å². The maximum absolute atomic E-state index is 5.16. The molecule has 2 aliphatic rings. The molecule has 0 fully saturated rings. The lowest BCUT2D eigenvalue weighted by Crippen LogP contribution is -1.93. The number of imidazole rings is 1. The van der Waals surface area contributed by atoms with Crippen LogP contribution in [0.25, 0.3) is 60.6 Å². The highest BCUT2D eigenvalue weighted by atomic mass is 15.0. The summed E-state index contributed by atoms with van der Waals surface area (Å²) < 4.78 is 2.28. The minimum absolute atomic E-state index is 0.955. The Morgan fingerprint density at radius 3 is 2.20 bits per heavy atom. The highest BCUT2D eigenvalue weighted by Crippen LogP contribution is 2.46. The zero-order valence-electron chi connectivity index (χ0n) is 18.8. The third-order valence-corrected chi connectivity index (χ3v) is 7.96. The van der Waals surface area contributed by atoms with E-state index >= 15 is 0 Å². The highest BCUT2D eigenvalue weighted by molar-refractivity contribution is 6.13. The molecule has 7 aromatic rings. The zero-order valence-corrected chi connectivity index (χ0v) is 18.8. The quantitative estimate of drug-likeness (QED) is 0.243. The lowest BCUT2D eigenvalue weighted by atomic mass is 9.98. The number of hydrogen-bond acceptors (Lipinski definition) is 3. The van der Waals surface area contributed by atoms with Crippen LogP contribution in [-0.4, -0.2) is 19.4 Å². The predicted octanol–water partition coefficient (Wildman–Crippen LogP) is 6.73. The zero-order chi connectivity index (χ0) is 22.7. The van der Waals surface area contributed by atoms with Crippen molar-refractivity contribution in [3.63, 3.8) is 0 Å². The maximum atomic E-state index is 5.16. The first kappa shape index (κ1) is 17.8. The molecule has 0 radical (unpaired) electrons. The van der Waals surface area contributed by atoms with Gasteiger partial charge in [-0.3, -0.25) is 14.4 Å². The summed E-state index contributed by atoms with van der Waals surface area (Å²) in [5, 5.41) is 3.38. The third kappa shape index (κ3) is 2.20. The number of hydrogen-bond donors (Lipinski definition) is 0. The van der Waals surface area contributed by atoms with Crippen LogP contribution in [0.3, 0.4) is 0 Å². The van der Waals surface area contributed by atoms with Gasteiger partial charge in [0.15, 0.2) is 0 Å². The third-order valence-electron chi connectivity index (χ3n) is 7.96. The van der Waals surface area contributed by atoms with E-state index in [1.807, 2.05) is 24.8 Å². The molecule has 0 spiro atoms. The molecule has 3 aromatic carbocycles. The molecular formula is C31H18N4. The van der Waals surface area contributed by atoms with Gasteiger partial charge < -0.3 is 0 Å². The van der Waals surface area contributed by atoms with Crippen LogP contribution in [0.2, 0.25) is 0 Å². The molecule has 0 aliphatic heterocycles. The monoisotopic (exact) mass is 446 g/mol. The summed E-state index contributed by atoms with van der Waals surface area (Å²) in [7, 11) is 0. The molecule has 4 nitrogen and oxygen atoms in total. The number of aromatic nitrogens is 4. The van der Waals surface area contributed by atoms with Gasteiger partial charge in [0.05, 0.1) is 22.7 Å². The van der Waals surface area contributed by atoms with Crippen LogP contribution in [0.1, 0.15) is 22.3 Å². The SMILES string of the molecule is c1ccc2c(c1)Cc1cc3c(cc1-2)Cc1cc2c(cc1-3)nc1c3ccncc3c3ccncc3n21. The van der Waals surface area contributed by atoms with Crippen molar-refractivity contribution >= 4 is 38.4 Å². The first-order valence-electron chi connectivity index (χ1n) is 12.0. The Morgan fingerprint density at radius 2 is 1.29 bits per heavy atom. The average Bonchev–Trinajstić information content (AvgIpc) is 3.57. The number of pyridine rings is 3. The van der Waals surface area contributed by atoms with Gasteiger partial charge in [0, 0.05) is 34.7 Å². The van der Waals surface area contributed by atoms with Crippen LogP contribution in [0.4, 0.5) is 0 Å². The molecule has 35 heavy (non-hydrogen) atoms. The molecule has 0 saturated heterocycles. The van der Waals surface area contributed by atoms with Crippen LogP contribution in [0, 0.1) is 0 Å². The van der Waals surface area contributed by atoms with Gasteiger partial charge in [0.2, 0.25) is 0 Å². The van der Waals surface area contributed by atoms with Crippen molar-refractivity contribution in [3.05, 3.63) is 108 Å². The van der Waals surface area contributed by atoms with E-state index in [-0.39, 0.29) is 0 Å². The summed E-state index contributed by atoms with van der Waals surface area (Å²) in [6.45, 7) is 0. The standard InChI is InChI=1S/C31H18N4/c1-2-4-21-17(3-1)9-18-12-25-19(11-24(18)21)10-20-13-29-28(14-26(20)25)34-31-23-6-8-32-15-27(23)22-5-7-33-16-30(22)35(29)31/h1-8,11-16H,9-10H2. The molecule has 0 amide bonds. The van der Waals surface area contributed by atoms with Gasteiger partial charge in [-0.15, -0.1) is 0 Å². The molecule has 4 heteroatoms. The second-order valence-corrected chi connectivity index (χ2v) is 9.76. The van der Waals surface area contributed by atoms with E-state index in [1.165, 1.54) is 44.5 Å². The maximum Gasteiger partial charge on any atom is 0.146 e. The van der Waals surface area contributed by atoms with Gasteiger partial charge in [-0.05, 0) is 93.7 Å². The van der Waals surface area contributed by atoms with Gasteiger partial charge in [0.1, 0.15) is 5.65 Å². The number of rotatable bonds is 0. The van der Waals surface area contributed by atoms with E-state index in [1.54, 1.807) is 0 Å². The van der Waals surface area contributed by atoms with Crippen molar-refractivity contribution in [3.8, 4) is 22.3 Å². The molecule has 0 unspecified atom stereocenters. The van der Waals surface area contributed by atoms with Crippen LogP contribution >= 0.6 is 0 Å². The Bertz CT molecular complexity index is 2070. The van der Waals surface area contributed by atoms with Gasteiger partial charge in [0.25, 0.3) is 0 Å². The fourth-order valence-electron chi connectivity index (χ4n) is 6.42. The largest absolute Gasteiger partial charge is 0.290 e. The molecule has 0 atom stereocenters. The van der Waals surface area contributed by atoms with Crippen molar-refractivity contribution in [2.45, 2.75) is 12.8 Å². The molecule has 162 valence electrons. The molecule has 0 N–H and O–H groups in total. The summed E-state index contributed by atoms with van der Waals surface area (Å²) >= 11 is 0. The summed E-state index contributed by atoms with van der Waals surface area (Å²) in [4.78, 5) is 14.0. The van der Waals surface area contributed by atoms with Gasteiger partial charge in [-0.25, -0.2) is 4.98 Å². The molecule has 0 saturated carbocycles. The summed E-state index contributed by atoms with van der Waals surface area (Å²) in [6.07, 6.45) is 9.56. The van der Waals surface area contributed by atoms with Crippen molar-refractivity contribution in [2.24, 2.45) is 0 Å². The van der Waals surface area contributed by atoms with Crippen LogP contribution in [0.5, 0.6) is 0 Å². The lowest BCUT2D eigenvalue weighted by Gasteiger charge is -2.08. The molecule has 0 bridgehead atoms. The molecule has 4 aromatic heterocycles. The Hall–Kier alpha value is -4.57. The van der Waals surface area contributed by atoms with Gasteiger partial charge >= 0.3 is 0 Å². The second-order valence-electron chi connectivity index (χ2n) is 9.76. The Labute approximate surface area is 200 Å². The Balaban J connectivity index is 1.33.